The first-order chi connectivity index (χ1) is 13.6. The summed E-state index contributed by atoms with van der Waals surface area (Å²) in [5.74, 6) is 0.737. The standard InChI is InChI=1S/C22H26N4OS/c1-3-22(7-9-26(4-2)10-8-22)21(27)25-20-12-18-11-16(19-14-23-15-28-19)5-6-17(18)13-24-20/h5-6,11-15H,3-4,7-10H2,1-2H3,(H,24,25,27). The van der Waals surface area contributed by atoms with Crippen molar-refractivity contribution in [1.29, 1.82) is 0 Å². The topological polar surface area (TPSA) is 58.1 Å². The van der Waals surface area contributed by atoms with Crippen molar-refractivity contribution in [2.75, 3.05) is 25.0 Å². The number of pyridine rings is 1. The summed E-state index contributed by atoms with van der Waals surface area (Å²) < 4.78 is 0. The van der Waals surface area contributed by atoms with Crippen LogP contribution in [0, 0.1) is 5.41 Å². The highest BCUT2D eigenvalue weighted by Crippen LogP contribution is 2.36. The molecule has 4 rings (SSSR count). The fraction of sp³-hybridized carbons (Fsp3) is 0.409. The molecule has 3 heterocycles. The van der Waals surface area contributed by atoms with Crippen molar-refractivity contribution in [3.05, 3.63) is 42.2 Å². The van der Waals surface area contributed by atoms with E-state index in [1.165, 1.54) is 0 Å². The van der Waals surface area contributed by atoms with E-state index in [9.17, 15) is 4.79 Å². The fourth-order valence-corrected chi connectivity index (χ4v) is 4.63. The van der Waals surface area contributed by atoms with Gasteiger partial charge in [0.15, 0.2) is 0 Å². The van der Waals surface area contributed by atoms with E-state index in [4.69, 9.17) is 0 Å². The molecule has 5 nitrogen and oxygen atoms in total. The van der Waals surface area contributed by atoms with Crippen LogP contribution in [0.4, 0.5) is 5.82 Å². The van der Waals surface area contributed by atoms with Gasteiger partial charge < -0.3 is 10.2 Å². The van der Waals surface area contributed by atoms with Crippen molar-refractivity contribution in [2.24, 2.45) is 5.41 Å². The van der Waals surface area contributed by atoms with Gasteiger partial charge >= 0.3 is 0 Å². The predicted molar refractivity (Wildman–Crippen MR) is 116 cm³/mol. The second-order valence-corrected chi connectivity index (χ2v) is 8.41. The van der Waals surface area contributed by atoms with Gasteiger partial charge in [-0.3, -0.25) is 9.78 Å². The number of nitrogens with zero attached hydrogens (tertiary/aromatic N) is 3. The van der Waals surface area contributed by atoms with Gasteiger partial charge in [0, 0.05) is 17.8 Å². The van der Waals surface area contributed by atoms with Gasteiger partial charge in [-0.15, -0.1) is 11.3 Å². The van der Waals surface area contributed by atoms with Crippen molar-refractivity contribution in [2.45, 2.75) is 33.1 Å². The van der Waals surface area contributed by atoms with Gasteiger partial charge in [-0.25, -0.2) is 4.98 Å². The molecule has 1 fully saturated rings. The average molecular weight is 395 g/mol. The molecule has 146 valence electrons. The van der Waals surface area contributed by atoms with Crippen LogP contribution in [0.5, 0.6) is 0 Å². The Hall–Kier alpha value is -2.31. The van der Waals surface area contributed by atoms with Crippen LogP contribution >= 0.6 is 11.3 Å². The zero-order valence-corrected chi connectivity index (χ0v) is 17.3. The number of amides is 1. The minimum atomic E-state index is -0.285. The number of piperidine rings is 1. The molecule has 0 bridgehead atoms. The number of hydrogen-bond donors (Lipinski definition) is 1. The summed E-state index contributed by atoms with van der Waals surface area (Å²) in [5.41, 5.74) is 2.69. The number of benzene rings is 1. The Kier molecular flexibility index (Phi) is 5.42. The molecule has 3 aromatic rings. The summed E-state index contributed by atoms with van der Waals surface area (Å²) in [7, 11) is 0. The molecule has 0 aliphatic carbocycles. The number of carbonyl (C=O) groups excluding carboxylic acids is 1. The van der Waals surface area contributed by atoms with E-state index in [0.717, 1.165) is 60.1 Å². The van der Waals surface area contributed by atoms with E-state index >= 15 is 0 Å². The van der Waals surface area contributed by atoms with E-state index in [-0.39, 0.29) is 11.3 Å². The van der Waals surface area contributed by atoms with Crippen LogP contribution in [-0.4, -0.2) is 40.4 Å². The van der Waals surface area contributed by atoms with Gasteiger partial charge in [0.2, 0.25) is 5.91 Å². The summed E-state index contributed by atoms with van der Waals surface area (Å²) in [6.45, 7) is 7.33. The van der Waals surface area contributed by atoms with Crippen LogP contribution in [0.2, 0.25) is 0 Å². The minimum absolute atomic E-state index is 0.108. The summed E-state index contributed by atoms with van der Waals surface area (Å²) >= 11 is 1.62. The highest BCUT2D eigenvalue weighted by Gasteiger charge is 2.39. The number of carbonyl (C=O) groups is 1. The molecule has 0 unspecified atom stereocenters. The number of fused-ring (bicyclic) bond motifs is 1. The van der Waals surface area contributed by atoms with E-state index in [2.05, 4.69) is 52.2 Å². The summed E-state index contributed by atoms with van der Waals surface area (Å²) in [5, 5.41) is 5.24. The monoisotopic (exact) mass is 394 g/mol. The third kappa shape index (κ3) is 3.66. The van der Waals surface area contributed by atoms with E-state index in [1.54, 1.807) is 11.3 Å². The first-order valence-electron chi connectivity index (χ1n) is 9.96. The molecule has 6 heteroatoms. The molecule has 1 amide bonds. The number of anilines is 1. The molecular weight excluding hydrogens is 368 g/mol. The quantitative estimate of drug-likeness (QED) is 0.675. The molecule has 28 heavy (non-hydrogen) atoms. The van der Waals surface area contributed by atoms with Gasteiger partial charge in [0.1, 0.15) is 5.82 Å². The Morgan fingerprint density at radius 3 is 2.68 bits per heavy atom. The molecule has 0 radical (unpaired) electrons. The van der Waals surface area contributed by atoms with Crippen LogP contribution in [-0.2, 0) is 4.79 Å². The lowest BCUT2D eigenvalue weighted by molar-refractivity contribution is -0.128. The Balaban J connectivity index is 1.56. The maximum atomic E-state index is 13.1. The summed E-state index contributed by atoms with van der Waals surface area (Å²) in [4.78, 5) is 25.3. The van der Waals surface area contributed by atoms with Crippen molar-refractivity contribution in [3.63, 3.8) is 0 Å². The number of aromatic nitrogens is 2. The lowest BCUT2D eigenvalue weighted by Crippen LogP contribution is -2.46. The summed E-state index contributed by atoms with van der Waals surface area (Å²) in [6.07, 6.45) is 6.39. The highest BCUT2D eigenvalue weighted by atomic mass is 32.1. The van der Waals surface area contributed by atoms with E-state index in [0.29, 0.717) is 5.82 Å². The van der Waals surface area contributed by atoms with Crippen LogP contribution in [0.15, 0.2) is 42.2 Å². The lowest BCUT2D eigenvalue weighted by atomic mass is 9.75. The largest absolute Gasteiger partial charge is 0.310 e. The van der Waals surface area contributed by atoms with E-state index < -0.39 is 0 Å². The third-order valence-corrected chi connectivity index (χ3v) is 6.92. The second-order valence-electron chi connectivity index (χ2n) is 7.52. The zero-order valence-electron chi connectivity index (χ0n) is 16.4. The SMILES string of the molecule is CCN1CCC(CC)(C(=O)Nc2cc3cc(-c4cncs4)ccc3cn2)CC1. The molecule has 1 aliphatic heterocycles. The maximum Gasteiger partial charge on any atom is 0.231 e. The first kappa shape index (κ1) is 19.0. The number of nitrogens with one attached hydrogen (secondary N) is 1. The number of likely N-dealkylation sites (tertiary alicyclic amines) is 1. The number of rotatable bonds is 5. The van der Waals surface area contributed by atoms with Crippen molar-refractivity contribution < 1.29 is 4.79 Å². The van der Waals surface area contributed by atoms with Crippen LogP contribution < -0.4 is 5.32 Å². The van der Waals surface area contributed by atoms with Crippen LogP contribution in [0.3, 0.4) is 0 Å². The van der Waals surface area contributed by atoms with Crippen molar-refractivity contribution in [1.82, 2.24) is 14.9 Å². The lowest BCUT2D eigenvalue weighted by Gasteiger charge is -2.39. The normalized spacial score (nSPS) is 16.9. The third-order valence-electron chi connectivity index (χ3n) is 6.10. The highest BCUT2D eigenvalue weighted by molar-refractivity contribution is 7.13. The van der Waals surface area contributed by atoms with Gasteiger partial charge in [-0.1, -0.05) is 26.0 Å². The molecule has 0 atom stereocenters. The summed E-state index contributed by atoms with van der Waals surface area (Å²) in [6, 6.07) is 8.26. The van der Waals surface area contributed by atoms with Crippen molar-refractivity contribution >= 4 is 33.8 Å². The Morgan fingerprint density at radius 2 is 2.00 bits per heavy atom. The Morgan fingerprint density at radius 1 is 1.18 bits per heavy atom. The molecule has 1 saturated heterocycles. The maximum absolute atomic E-state index is 13.1. The minimum Gasteiger partial charge on any atom is -0.310 e. The van der Waals surface area contributed by atoms with E-state index in [1.807, 2.05) is 24.0 Å². The van der Waals surface area contributed by atoms with Crippen molar-refractivity contribution in [3.8, 4) is 10.4 Å². The molecular formula is C22H26N4OS. The zero-order chi connectivity index (χ0) is 19.6. The molecule has 1 aromatic carbocycles. The van der Waals surface area contributed by atoms with Crippen LogP contribution in [0.1, 0.15) is 33.1 Å². The van der Waals surface area contributed by atoms with Gasteiger partial charge in [-0.05, 0) is 62.0 Å². The smallest absolute Gasteiger partial charge is 0.231 e. The first-order valence-corrected chi connectivity index (χ1v) is 10.8. The van der Waals surface area contributed by atoms with Crippen LogP contribution in [0.25, 0.3) is 21.2 Å². The molecule has 0 spiro atoms. The second kappa shape index (κ2) is 7.97. The predicted octanol–water partition coefficient (Wildman–Crippen LogP) is 4.81. The molecule has 0 saturated carbocycles. The Labute approximate surface area is 169 Å². The average Bonchev–Trinajstić information content (AvgIpc) is 3.28. The van der Waals surface area contributed by atoms with Gasteiger partial charge in [-0.2, -0.15) is 0 Å². The van der Waals surface area contributed by atoms with Gasteiger partial charge in [0.25, 0.3) is 0 Å². The fourth-order valence-electron chi connectivity index (χ4n) is 4.01. The molecule has 1 N–H and O–H groups in total. The van der Waals surface area contributed by atoms with Gasteiger partial charge in [0.05, 0.1) is 15.8 Å². The molecule has 2 aromatic heterocycles. The molecule has 1 aliphatic rings. The Bertz CT molecular complexity index is 962. The number of hydrogen-bond acceptors (Lipinski definition) is 5. The number of thiazole rings is 1.